The van der Waals surface area contributed by atoms with E-state index in [0.717, 1.165) is 62.9 Å². The van der Waals surface area contributed by atoms with Crippen LogP contribution in [0.25, 0.3) is 0 Å². The minimum absolute atomic E-state index is 0.0234. The molecule has 0 aromatic carbocycles. The van der Waals surface area contributed by atoms with E-state index in [1.54, 1.807) is 0 Å². The molecule has 6 fully saturated rings. The molecule has 4 bridgehead atoms. The van der Waals surface area contributed by atoms with Crippen LogP contribution >= 0.6 is 0 Å². The maximum absolute atomic E-state index is 13.6. The highest BCUT2D eigenvalue weighted by Crippen LogP contribution is 2.60. The Bertz CT molecular complexity index is 587. The van der Waals surface area contributed by atoms with Gasteiger partial charge in [-0.25, -0.2) is 0 Å². The van der Waals surface area contributed by atoms with Gasteiger partial charge in [-0.1, -0.05) is 0 Å². The molecule has 4 saturated carbocycles. The molecule has 0 aromatic rings. The summed E-state index contributed by atoms with van der Waals surface area (Å²) in [5.74, 6) is 2.55. The number of rotatable bonds is 4. The fourth-order valence-corrected chi connectivity index (χ4v) is 7.24. The molecular weight excluding hydrogens is 342 g/mol. The molecule has 2 heterocycles. The van der Waals surface area contributed by atoms with Crippen LogP contribution in [0, 0.1) is 29.1 Å². The van der Waals surface area contributed by atoms with Crippen LogP contribution in [0.4, 0.5) is 0 Å². The first-order valence-electron chi connectivity index (χ1n) is 11.0. The molecule has 150 valence electrons. The van der Waals surface area contributed by atoms with Crippen LogP contribution in [-0.4, -0.2) is 60.1 Å². The Labute approximate surface area is 161 Å². The lowest BCUT2D eigenvalue weighted by molar-refractivity contribution is -0.160. The molecule has 0 aromatic heterocycles. The lowest BCUT2D eigenvalue weighted by Gasteiger charge is -2.56. The molecule has 27 heavy (non-hydrogen) atoms. The topological polar surface area (TPSA) is 81.7 Å². The Morgan fingerprint density at radius 1 is 1.07 bits per heavy atom. The third-order valence-corrected chi connectivity index (χ3v) is 8.15. The number of hydrogen-bond acceptors (Lipinski definition) is 4. The van der Waals surface area contributed by atoms with Crippen molar-refractivity contribution < 1.29 is 14.7 Å². The summed E-state index contributed by atoms with van der Waals surface area (Å²) in [5, 5.41) is 16.1. The monoisotopic (exact) mass is 375 g/mol. The highest BCUT2D eigenvalue weighted by atomic mass is 16.3. The first-order chi connectivity index (χ1) is 13.0. The van der Waals surface area contributed by atoms with E-state index in [0.29, 0.717) is 13.1 Å². The Kier molecular flexibility index (Phi) is 4.47. The molecule has 6 nitrogen and oxygen atoms in total. The molecule has 3 atom stereocenters. The fourth-order valence-electron chi connectivity index (χ4n) is 7.24. The van der Waals surface area contributed by atoms with Gasteiger partial charge >= 0.3 is 0 Å². The molecule has 3 unspecified atom stereocenters. The van der Waals surface area contributed by atoms with Crippen LogP contribution in [0.1, 0.15) is 51.4 Å². The maximum atomic E-state index is 13.6. The van der Waals surface area contributed by atoms with Gasteiger partial charge in [0, 0.05) is 32.1 Å². The lowest BCUT2D eigenvalue weighted by Crippen LogP contribution is -2.57. The van der Waals surface area contributed by atoms with Crippen molar-refractivity contribution in [1.29, 1.82) is 0 Å². The number of amides is 2. The molecule has 6 heteroatoms. The van der Waals surface area contributed by atoms with Crippen molar-refractivity contribution in [3.8, 4) is 0 Å². The smallest absolute Gasteiger partial charge is 0.242 e. The van der Waals surface area contributed by atoms with Crippen LogP contribution in [0.5, 0.6) is 0 Å². The first-order valence-corrected chi connectivity index (χ1v) is 11.0. The molecule has 0 radical (unpaired) electrons. The van der Waals surface area contributed by atoms with E-state index in [-0.39, 0.29) is 29.2 Å². The number of carbonyl (C=O) groups excluding carboxylic acids is 2. The predicted molar refractivity (Wildman–Crippen MR) is 101 cm³/mol. The zero-order valence-corrected chi connectivity index (χ0v) is 16.2. The molecular formula is C21H33N3O3. The van der Waals surface area contributed by atoms with Crippen LogP contribution < -0.4 is 10.6 Å². The van der Waals surface area contributed by atoms with Gasteiger partial charge in [-0.2, -0.15) is 0 Å². The number of carbonyl (C=O) groups is 2. The molecule has 2 aliphatic heterocycles. The minimum atomic E-state index is -0.390. The van der Waals surface area contributed by atoms with Gasteiger partial charge in [-0.15, -0.1) is 0 Å². The average Bonchev–Trinajstić information content (AvgIpc) is 3.27. The fraction of sp³-hybridized carbons (Fsp3) is 0.905. The van der Waals surface area contributed by atoms with Crippen LogP contribution in [0.15, 0.2) is 0 Å². The van der Waals surface area contributed by atoms with E-state index in [9.17, 15) is 14.7 Å². The van der Waals surface area contributed by atoms with Crippen molar-refractivity contribution >= 4 is 11.8 Å². The third kappa shape index (κ3) is 3.09. The quantitative estimate of drug-likeness (QED) is 0.682. The van der Waals surface area contributed by atoms with Crippen molar-refractivity contribution in [2.75, 3.05) is 26.2 Å². The average molecular weight is 376 g/mol. The van der Waals surface area contributed by atoms with Crippen molar-refractivity contribution in [2.45, 2.75) is 63.5 Å². The molecule has 4 aliphatic carbocycles. The van der Waals surface area contributed by atoms with E-state index in [1.165, 1.54) is 19.3 Å². The number of nitrogens with one attached hydrogen (secondary N) is 2. The van der Waals surface area contributed by atoms with Gasteiger partial charge in [-0.3, -0.25) is 9.59 Å². The number of aliphatic hydroxyl groups excluding tert-OH is 1. The Morgan fingerprint density at radius 2 is 1.74 bits per heavy atom. The number of hydrogen-bond donors (Lipinski definition) is 3. The molecule has 0 spiro atoms. The Hall–Kier alpha value is -1.14. The third-order valence-electron chi connectivity index (χ3n) is 8.15. The predicted octanol–water partition coefficient (Wildman–Crippen LogP) is 0.890. The zero-order chi connectivity index (χ0) is 18.6. The highest BCUT2D eigenvalue weighted by molar-refractivity contribution is 5.91. The maximum Gasteiger partial charge on any atom is 0.242 e. The van der Waals surface area contributed by atoms with Gasteiger partial charge < -0.3 is 20.6 Å². The van der Waals surface area contributed by atoms with Gasteiger partial charge in [0.15, 0.2) is 0 Å². The largest absolute Gasteiger partial charge is 0.391 e. The molecule has 2 amide bonds. The van der Waals surface area contributed by atoms with E-state index in [2.05, 4.69) is 10.6 Å². The van der Waals surface area contributed by atoms with Gasteiger partial charge in [0.2, 0.25) is 11.8 Å². The van der Waals surface area contributed by atoms with Gasteiger partial charge in [0.05, 0.1) is 11.5 Å². The lowest BCUT2D eigenvalue weighted by atomic mass is 9.49. The second kappa shape index (κ2) is 6.73. The summed E-state index contributed by atoms with van der Waals surface area (Å²) in [7, 11) is 0. The SMILES string of the molecule is O=C(NCC1CNCC1O)C1CCCN1C(=O)C12CC3CC(CC(C3)C1)C2. The van der Waals surface area contributed by atoms with Gasteiger partial charge in [0.25, 0.3) is 0 Å². The van der Waals surface area contributed by atoms with Crippen LogP contribution in [0.3, 0.4) is 0 Å². The summed E-state index contributed by atoms with van der Waals surface area (Å²) in [4.78, 5) is 28.4. The number of aliphatic hydroxyl groups is 1. The minimum Gasteiger partial charge on any atom is -0.391 e. The van der Waals surface area contributed by atoms with Crippen LogP contribution in [0.2, 0.25) is 0 Å². The zero-order valence-electron chi connectivity index (χ0n) is 16.2. The van der Waals surface area contributed by atoms with E-state index >= 15 is 0 Å². The summed E-state index contributed by atoms with van der Waals surface area (Å²) >= 11 is 0. The summed E-state index contributed by atoms with van der Waals surface area (Å²) in [6, 6.07) is -0.308. The van der Waals surface area contributed by atoms with E-state index in [1.807, 2.05) is 4.90 Å². The Balaban J connectivity index is 1.25. The molecule has 3 N–H and O–H groups in total. The van der Waals surface area contributed by atoms with Crippen molar-refractivity contribution in [3.63, 3.8) is 0 Å². The van der Waals surface area contributed by atoms with Crippen LogP contribution in [-0.2, 0) is 9.59 Å². The van der Waals surface area contributed by atoms with Crippen molar-refractivity contribution in [1.82, 2.24) is 15.5 Å². The number of likely N-dealkylation sites (tertiary alicyclic amines) is 1. The second-order valence-corrected chi connectivity index (χ2v) is 10.1. The molecule has 6 aliphatic rings. The standard InChI is InChI=1S/C21H33N3O3/c25-18-12-22-10-16(18)11-23-19(26)17-2-1-3-24(17)20(27)21-7-13-4-14(8-21)6-15(5-13)9-21/h13-18,22,25H,1-12H2,(H,23,26). The van der Waals surface area contributed by atoms with Crippen molar-refractivity contribution in [2.24, 2.45) is 29.1 Å². The highest BCUT2D eigenvalue weighted by Gasteiger charge is 2.56. The summed E-state index contributed by atoms with van der Waals surface area (Å²) in [5.41, 5.74) is -0.164. The van der Waals surface area contributed by atoms with E-state index in [4.69, 9.17) is 0 Å². The van der Waals surface area contributed by atoms with Gasteiger partial charge in [-0.05, 0) is 69.1 Å². The molecule has 2 saturated heterocycles. The molecule has 6 rings (SSSR count). The Morgan fingerprint density at radius 3 is 2.33 bits per heavy atom. The summed E-state index contributed by atoms with van der Waals surface area (Å²) in [6.07, 6.45) is 8.46. The normalized spacial score (nSPS) is 45.4. The number of nitrogens with zero attached hydrogens (tertiary/aromatic N) is 1. The van der Waals surface area contributed by atoms with E-state index < -0.39 is 6.10 Å². The second-order valence-electron chi connectivity index (χ2n) is 10.1. The van der Waals surface area contributed by atoms with Crippen molar-refractivity contribution in [3.05, 3.63) is 0 Å². The first kappa shape index (κ1) is 17.9. The number of β-amino-alcohol motifs (C(OH)–C–C–N with tert-alkyl or cyclic N) is 1. The van der Waals surface area contributed by atoms with Gasteiger partial charge in [0.1, 0.15) is 6.04 Å². The summed E-state index contributed by atoms with van der Waals surface area (Å²) in [6.45, 7) is 2.55. The summed E-state index contributed by atoms with van der Waals surface area (Å²) < 4.78 is 0.